The largest absolute Gasteiger partial charge is 0.496 e. The Balaban J connectivity index is 1.64. The number of hydrogen-bond donors (Lipinski definition) is 0. The Morgan fingerprint density at radius 2 is 1.80 bits per heavy atom. The first-order valence-corrected chi connectivity index (χ1v) is 13.8. The lowest BCUT2D eigenvalue weighted by Gasteiger charge is -2.25. The van der Waals surface area contributed by atoms with E-state index in [1.54, 1.807) is 37.3 Å². The molecule has 0 aliphatic carbocycles. The number of thiazole rings is 1. The summed E-state index contributed by atoms with van der Waals surface area (Å²) in [5.74, 6) is 0.481. The molecule has 5 rings (SSSR count). The molecule has 3 aromatic carbocycles. The highest BCUT2D eigenvalue weighted by molar-refractivity contribution is 7.07. The van der Waals surface area contributed by atoms with Gasteiger partial charge >= 0.3 is 5.97 Å². The molecule has 1 aromatic heterocycles. The van der Waals surface area contributed by atoms with E-state index in [0.717, 1.165) is 11.1 Å². The van der Waals surface area contributed by atoms with Gasteiger partial charge in [-0.3, -0.25) is 9.36 Å². The summed E-state index contributed by atoms with van der Waals surface area (Å²) in [6.07, 6.45) is 1.76. The van der Waals surface area contributed by atoms with Gasteiger partial charge in [0, 0.05) is 21.2 Å². The molecule has 40 heavy (non-hydrogen) atoms. The van der Waals surface area contributed by atoms with Crippen molar-refractivity contribution in [3.63, 3.8) is 0 Å². The smallest absolute Gasteiger partial charge is 0.338 e. The van der Waals surface area contributed by atoms with Crippen molar-refractivity contribution in [1.82, 2.24) is 4.57 Å². The van der Waals surface area contributed by atoms with E-state index in [1.807, 2.05) is 42.5 Å². The van der Waals surface area contributed by atoms with E-state index in [1.165, 1.54) is 30.1 Å². The third kappa shape index (κ3) is 5.43. The van der Waals surface area contributed by atoms with Gasteiger partial charge in [-0.05, 0) is 55.0 Å². The van der Waals surface area contributed by atoms with Gasteiger partial charge in [-0.15, -0.1) is 0 Å². The van der Waals surface area contributed by atoms with Gasteiger partial charge in [0.25, 0.3) is 5.56 Å². The van der Waals surface area contributed by atoms with Gasteiger partial charge in [0.05, 0.1) is 30.0 Å². The molecule has 0 amide bonds. The fourth-order valence-corrected chi connectivity index (χ4v) is 6.00. The van der Waals surface area contributed by atoms with E-state index >= 15 is 0 Å². The molecule has 1 aliphatic rings. The first-order valence-electron chi connectivity index (χ1n) is 12.2. The summed E-state index contributed by atoms with van der Waals surface area (Å²) in [5, 5.41) is 1.06. The first kappa shape index (κ1) is 27.7. The van der Waals surface area contributed by atoms with Crippen LogP contribution >= 0.6 is 34.5 Å². The molecule has 7 nitrogen and oxygen atoms in total. The lowest BCUT2D eigenvalue weighted by Crippen LogP contribution is -2.40. The predicted octanol–water partition coefficient (Wildman–Crippen LogP) is 5.30. The summed E-state index contributed by atoms with van der Waals surface area (Å²) in [6.45, 7) is 2.02. The average Bonchev–Trinajstić information content (AvgIpc) is 3.25. The highest BCUT2D eigenvalue weighted by Crippen LogP contribution is 2.37. The van der Waals surface area contributed by atoms with Crippen LogP contribution in [0.25, 0.3) is 6.08 Å². The quantitative estimate of drug-likeness (QED) is 0.271. The Labute approximate surface area is 244 Å². The minimum atomic E-state index is -0.853. The number of carbonyl (C=O) groups is 1. The number of methoxy groups -OCH3 is 2. The van der Waals surface area contributed by atoms with Crippen LogP contribution in [0.5, 0.6) is 11.5 Å². The number of nitrogens with zero attached hydrogens (tertiary/aromatic N) is 2. The highest BCUT2D eigenvalue weighted by Gasteiger charge is 2.35. The average molecular weight is 596 g/mol. The van der Waals surface area contributed by atoms with Crippen LogP contribution in [0.1, 0.15) is 29.7 Å². The Hall–Kier alpha value is -3.85. The molecule has 0 saturated heterocycles. The first-order chi connectivity index (χ1) is 19.3. The molecule has 0 bridgehead atoms. The zero-order valence-electron chi connectivity index (χ0n) is 21.8. The number of aromatic nitrogens is 1. The molecule has 1 aliphatic heterocycles. The van der Waals surface area contributed by atoms with Crippen LogP contribution in [0.4, 0.5) is 0 Å². The number of rotatable bonds is 7. The number of hydrogen-bond acceptors (Lipinski definition) is 7. The van der Waals surface area contributed by atoms with Gasteiger partial charge < -0.3 is 14.2 Å². The minimum absolute atomic E-state index is 0.229. The monoisotopic (exact) mass is 594 g/mol. The molecule has 204 valence electrons. The van der Waals surface area contributed by atoms with E-state index in [9.17, 15) is 9.59 Å². The SMILES string of the molecule is COC(=O)C1=C(C)N=c2s/c(=C\c3ccccc3OCc3cccc(Cl)c3)c(=O)n2[C@@H]1c1cc(Cl)ccc1OC. The Kier molecular flexibility index (Phi) is 8.12. The molecule has 0 spiro atoms. The zero-order valence-corrected chi connectivity index (χ0v) is 24.1. The van der Waals surface area contributed by atoms with Crippen molar-refractivity contribution in [3.05, 3.63) is 124 Å². The van der Waals surface area contributed by atoms with Crippen molar-refractivity contribution < 1.29 is 19.0 Å². The summed E-state index contributed by atoms with van der Waals surface area (Å²) >= 11 is 13.7. The molecule has 0 fully saturated rings. The lowest BCUT2D eigenvalue weighted by atomic mass is 9.95. The van der Waals surface area contributed by atoms with Crippen LogP contribution in [-0.4, -0.2) is 24.8 Å². The van der Waals surface area contributed by atoms with Gasteiger partial charge in [-0.25, -0.2) is 9.79 Å². The van der Waals surface area contributed by atoms with Crippen molar-refractivity contribution >= 4 is 46.6 Å². The van der Waals surface area contributed by atoms with Gasteiger partial charge in [0.1, 0.15) is 24.1 Å². The van der Waals surface area contributed by atoms with Crippen LogP contribution in [0.15, 0.2) is 87.8 Å². The number of esters is 1. The summed E-state index contributed by atoms with van der Waals surface area (Å²) in [5.41, 5.74) is 2.53. The van der Waals surface area contributed by atoms with Crippen molar-refractivity contribution in [1.29, 1.82) is 0 Å². The summed E-state index contributed by atoms with van der Waals surface area (Å²) < 4.78 is 18.7. The Morgan fingerprint density at radius 3 is 2.55 bits per heavy atom. The minimum Gasteiger partial charge on any atom is -0.496 e. The molecule has 0 radical (unpaired) electrons. The van der Waals surface area contributed by atoms with Crippen molar-refractivity contribution in [2.75, 3.05) is 14.2 Å². The molecule has 2 heterocycles. The predicted molar refractivity (Wildman–Crippen MR) is 156 cm³/mol. The van der Waals surface area contributed by atoms with Gasteiger partial charge in [-0.1, -0.05) is 64.9 Å². The van der Waals surface area contributed by atoms with E-state index < -0.39 is 12.0 Å². The van der Waals surface area contributed by atoms with Crippen molar-refractivity contribution in [3.8, 4) is 11.5 Å². The fraction of sp³-hybridized carbons (Fsp3) is 0.167. The Bertz CT molecular complexity index is 1830. The number of fused-ring (bicyclic) bond motifs is 1. The number of allylic oxidation sites excluding steroid dienone is 1. The third-order valence-electron chi connectivity index (χ3n) is 6.40. The van der Waals surface area contributed by atoms with E-state index in [0.29, 0.717) is 48.7 Å². The molecule has 0 unspecified atom stereocenters. The molecule has 0 N–H and O–H groups in total. The maximum absolute atomic E-state index is 14.0. The van der Waals surface area contributed by atoms with Crippen LogP contribution in [0.3, 0.4) is 0 Å². The van der Waals surface area contributed by atoms with Gasteiger partial charge in [0.15, 0.2) is 4.80 Å². The number of ether oxygens (including phenoxy) is 3. The molecule has 10 heteroatoms. The van der Waals surface area contributed by atoms with Crippen LogP contribution < -0.4 is 24.4 Å². The second-order valence-electron chi connectivity index (χ2n) is 8.92. The third-order valence-corrected chi connectivity index (χ3v) is 7.86. The topological polar surface area (TPSA) is 79.1 Å². The maximum atomic E-state index is 14.0. The Morgan fingerprint density at radius 1 is 1.02 bits per heavy atom. The standard InChI is InChI=1S/C30H24Cl2N2O5S/c1-17-26(29(36)38-3)27(22-15-21(32)11-12-24(22)37-2)34-28(35)25(40-30(34)33-17)14-19-8-4-5-10-23(19)39-16-18-7-6-9-20(31)13-18/h4-15,27H,16H2,1-3H3/b25-14-/t27-/m1/s1. The fourth-order valence-electron chi connectivity index (χ4n) is 4.57. The van der Waals surface area contributed by atoms with Crippen LogP contribution in [-0.2, 0) is 16.1 Å². The van der Waals surface area contributed by atoms with Crippen molar-refractivity contribution in [2.24, 2.45) is 4.99 Å². The van der Waals surface area contributed by atoms with Gasteiger partial charge in [0.2, 0.25) is 0 Å². The van der Waals surface area contributed by atoms with Crippen molar-refractivity contribution in [2.45, 2.75) is 19.6 Å². The number of benzene rings is 3. The zero-order chi connectivity index (χ0) is 28.4. The summed E-state index contributed by atoms with van der Waals surface area (Å²) in [7, 11) is 2.81. The molecule has 1 atom stereocenters. The number of halogens is 2. The van der Waals surface area contributed by atoms with Crippen LogP contribution in [0.2, 0.25) is 10.0 Å². The van der Waals surface area contributed by atoms with Crippen LogP contribution in [0, 0.1) is 0 Å². The van der Waals surface area contributed by atoms with E-state index in [4.69, 9.17) is 37.4 Å². The molecular formula is C30H24Cl2N2O5S. The normalized spacial score (nSPS) is 14.9. The van der Waals surface area contributed by atoms with E-state index in [-0.39, 0.29) is 11.1 Å². The molecule has 0 saturated carbocycles. The molecule has 4 aromatic rings. The molecular weight excluding hydrogens is 571 g/mol. The second kappa shape index (κ2) is 11.7. The number of carbonyl (C=O) groups excluding carboxylic acids is 1. The van der Waals surface area contributed by atoms with Gasteiger partial charge in [-0.2, -0.15) is 0 Å². The summed E-state index contributed by atoms with van der Waals surface area (Å²) in [4.78, 5) is 32.0. The second-order valence-corrected chi connectivity index (χ2v) is 10.8. The number of para-hydroxylation sites is 1. The maximum Gasteiger partial charge on any atom is 0.338 e. The highest BCUT2D eigenvalue weighted by atomic mass is 35.5. The van der Waals surface area contributed by atoms with E-state index in [2.05, 4.69) is 4.99 Å². The lowest BCUT2D eigenvalue weighted by molar-refractivity contribution is -0.136. The summed E-state index contributed by atoms with van der Waals surface area (Å²) in [6, 6.07) is 19.1.